The van der Waals surface area contributed by atoms with E-state index >= 15 is 0 Å². The predicted molar refractivity (Wildman–Crippen MR) is 103 cm³/mol. The Morgan fingerprint density at radius 2 is 1.67 bits per heavy atom. The van der Waals surface area contributed by atoms with Crippen LogP contribution in [0.3, 0.4) is 0 Å². The third-order valence-corrected chi connectivity index (χ3v) is 5.98. The van der Waals surface area contributed by atoms with Crippen LogP contribution in [0, 0.1) is 0 Å². The van der Waals surface area contributed by atoms with Gasteiger partial charge in [-0.3, -0.25) is 4.79 Å². The molecular weight excluding hydrogens is 368 g/mol. The Balaban J connectivity index is 2.18. The lowest BCUT2D eigenvalue weighted by atomic mass is 10.1. The molecule has 0 aliphatic carbocycles. The quantitative estimate of drug-likeness (QED) is 0.782. The van der Waals surface area contributed by atoms with E-state index < -0.39 is 10.0 Å². The van der Waals surface area contributed by atoms with E-state index in [1.54, 1.807) is 26.4 Å². The van der Waals surface area contributed by atoms with Crippen LogP contribution in [0.15, 0.2) is 47.4 Å². The first kappa shape index (κ1) is 20.7. The number of carbonyl (C=O) groups excluding carboxylic acids is 1. The zero-order chi connectivity index (χ0) is 20.2. The van der Waals surface area contributed by atoms with Crippen molar-refractivity contribution in [2.24, 2.45) is 0 Å². The first-order valence-corrected chi connectivity index (χ1v) is 9.70. The summed E-state index contributed by atoms with van der Waals surface area (Å²) in [5, 5.41) is 2.89. The van der Waals surface area contributed by atoms with Gasteiger partial charge in [0.05, 0.1) is 25.2 Å². The van der Waals surface area contributed by atoms with Crippen molar-refractivity contribution in [2.75, 3.05) is 28.3 Å². The Hall–Kier alpha value is -2.58. The third-order valence-electron chi connectivity index (χ3n) is 4.15. The van der Waals surface area contributed by atoms with Gasteiger partial charge in [0, 0.05) is 31.3 Å². The SMILES string of the molecule is COc1ccc(C(C)NC(=O)c2ccc(S(=O)(=O)N(C)C)cc2)c(OC)c1. The molecular formula is C19H24N2O5S. The van der Waals surface area contributed by atoms with Gasteiger partial charge in [0.25, 0.3) is 5.91 Å². The molecule has 1 unspecified atom stereocenters. The highest BCUT2D eigenvalue weighted by Gasteiger charge is 2.19. The second-order valence-corrected chi connectivity index (χ2v) is 8.27. The zero-order valence-electron chi connectivity index (χ0n) is 16.0. The molecule has 0 aliphatic rings. The summed E-state index contributed by atoms with van der Waals surface area (Å²) in [5.74, 6) is 0.954. The van der Waals surface area contributed by atoms with Crippen molar-refractivity contribution >= 4 is 15.9 Å². The minimum absolute atomic E-state index is 0.133. The fraction of sp³-hybridized carbons (Fsp3) is 0.316. The van der Waals surface area contributed by atoms with Gasteiger partial charge < -0.3 is 14.8 Å². The van der Waals surface area contributed by atoms with E-state index in [0.717, 1.165) is 9.87 Å². The van der Waals surface area contributed by atoms with Crippen LogP contribution in [0.4, 0.5) is 0 Å². The average molecular weight is 392 g/mol. The average Bonchev–Trinajstić information content (AvgIpc) is 2.67. The topological polar surface area (TPSA) is 84.9 Å². The number of ether oxygens (including phenoxy) is 2. The van der Waals surface area contributed by atoms with Crippen LogP contribution in [0.25, 0.3) is 0 Å². The van der Waals surface area contributed by atoms with E-state index in [1.807, 2.05) is 13.0 Å². The molecule has 0 saturated carbocycles. The highest BCUT2D eigenvalue weighted by molar-refractivity contribution is 7.89. The lowest BCUT2D eigenvalue weighted by Gasteiger charge is -2.18. The zero-order valence-corrected chi connectivity index (χ0v) is 16.8. The van der Waals surface area contributed by atoms with Crippen LogP contribution in [-0.2, 0) is 10.0 Å². The van der Waals surface area contributed by atoms with Crippen LogP contribution in [0.5, 0.6) is 11.5 Å². The van der Waals surface area contributed by atoms with Gasteiger partial charge in [-0.1, -0.05) is 0 Å². The summed E-state index contributed by atoms with van der Waals surface area (Å²) in [5.41, 5.74) is 1.17. The molecule has 0 spiro atoms. The lowest BCUT2D eigenvalue weighted by molar-refractivity contribution is 0.0939. The summed E-state index contributed by atoms with van der Waals surface area (Å²) in [6.45, 7) is 1.84. The summed E-state index contributed by atoms with van der Waals surface area (Å²) in [7, 11) is 2.51. The number of hydrogen-bond donors (Lipinski definition) is 1. The molecule has 146 valence electrons. The van der Waals surface area contributed by atoms with Crippen LogP contribution in [0.1, 0.15) is 28.9 Å². The number of nitrogens with one attached hydrogen (secondary N) is 1. The lowest BCUT2D eigenvalue weighted by Crippen LogP contribution is -2.27. The fourth-order valence-corrected chi connectivity index (χ4v) is 3.42. The summed E-state index contributed by atoms with van der Waals surface area (Å²) in [6.07, 6.45) is 0. The largest absolute Gasteiger partial charge is 0.497 e. The summed E-state index contributed by atoms with van der Waals surface area (Å²) >= 11 is 0. The van der Waals surface area contributed by atoms with Crippen molar-refractivity contribution in [3.05, 3.63) is 53.6 Å². The molecule has 2 rings (SSSR count). The van der Waals surface area contributed by atoms with Crippen molar-refractivity contribution in [2.45, 2.75) is 17.9 Å². The molecule has 0 aliphatic heterocycles. The molecule has 0 aromatic heterocycles. The Bertz CT molecular complexity index is 908. The number of amides is 1. The van der Waals surface area contributed by atoms with Crippen molar-refractivity contribution in [3.63, 3.8) is 0 Å². The number of hydrogen-bond acceptors (Lipinski definition) is 5. The Kier molecular flexibility index (Phi) is 6.45. The van der Waals surface area contributed by atoms with Crippen LogP contribution < -0.4 is 14.8 Å². The Morgan fingerprint density at radius 1 is 1.04 bits per heavy atom. The van der Waals surface area contributed by atoms with Crippen LogP contribution >= 0.6 is 0 Å². The smallest absolute Gasteiger partial charge is 0.251 e. The standard InChI is InChI=1S/C19H24N2O5S/c1-13(17-11-8-15(25-4)12-18(17)26-5)20-19(22)14-6-9-16(10-7-14)27(23,24)21(2)3/h6-13H,1-5H3,(H,20,22). The predicted octanol–water partition coefficient (Wildman–Crippen LogP) is 2.45. The first-order valence-electron chi connectivity index (χ1n) is 8.26. The van der Waals surface area contributed by atoms with Gasteiger partial charge in [-0.15, -0.1) is 0 Å². The van der Waals surface area contributed by atoms with E-state index in [1.165, 1.54) is 38.4 Å². The maximum Gasteiger partial charge on any atom is 0.251 e. The number of methoxy groups -OCH3 is 2. The molecule has 2 aromatic carbocycles. The normalized spacial score (nSPS) is 12.5. The van der Waals surface area contributed by atoms with E-state index in [9.17, 15) is 13.2 Å². The molecule has 0 fully saturated rings. The van der Waals surface area contributed by atoms with Crippen molar-refractivity contribution in [3.8, 4) is 11.5 Å². The molecule has 0 heterocycles. The van der Waals surface area contributed by atoms with Gasteiger partial charge in [-0.2, -0.15) is 0 Å². The number of carbonyl (C=O) groups is 1. The van der Waals surface area contributed by atoms with Gasteiger partial charge in [0.15, 0.2) is 0 Å². The Morgan fingerprint density at radius 3 is 2.19 bits per heavy atom. The van der Waals surface area contributed by atoms with Crippen LogP contribution in [-0.4, -0.2) is 46.9 Å². The highest BCUT2D eigenvalue weighted by Crippen LogP contribution is 2.29. The van der Waals surface area contributed by atoms with Gasteiger partial charge in [-0.05, 0) is 43.3 Å². The number of benzene rings is 2. The molecule has 8 heteroatoms. The first-order chi connectivity index (χ1) is 12.7. The summed E-state index contributed by atoms with van der Waals surface area (Å²) in [4.78, 5) is 12.6. The van der Waals surface area contributed by atoms with E-state index in [0.29, 0.717) is 17.1 Å². The molecule has 1 atom stereocenters. The van der Waals surface area contributed by atoms with Gasteiger partial charge in [0.1, 0.15) is 11.5 Å². The molecule has 1 amide bonds. The highest BCUT2D eigenvalue weighted by atomic mass is 32.2. The second kappa shape index (κ2) is 8.41. The van der Waals surface area contributed by atoms with Gasteiger partial charge in [0.2, 0.25) is 10.0 Å². The molecule has 0 radical (unpaired) electrons. The maximum absolute atomic E-state index is 12.5. The van der Waals surface area contributed by atoms with Gasteiger partial charge >= 0.3 is 0 Å². The molecule has 2 aromatic rings. The van der Waals surface area contributed by atoms with Crippen molar-refractivity contribution in [1.82, 2.24) is 9.62 Å². The molecule has 1 N–H and O–H groups in total. The monoisotopic (exact) mass is 392 g/mol. The number of nitrogens with zero attached hydrogens (tertiary/aromatic N) is 1. The molecule has 7 nitrogen and oxygen atoms in total. The Labute approximate surface area is 160 Å². The number of rotatable bonds is 7. The number of sulfonamides is 1. The van der Waals surface area contributed by atoms with E-state index in [4.69, 9.17) is 9.47 Å². The van der Waals surface area contributed by atoms with E-state index in [-0.39, 0.29) is 16.8 Å². The third kappa shape index (κ3) is 4.58. The molecule has 0 bridgehead atoms. The minimum atomic E-state index is -3.53. The van der Waals surface area contributed by atoms with Crippen LogP contribution in [0.2, 0.25) is 0 Å². The second-order valence-electron chi connectivity index (χ2n) is 6.11. The van der Waals surface area contributed by atoms with Crippen molar-refractivity contribution < 1.29 is 22.7 Å². The van der Waals surface area contributed by atoms with Gasteiger partial charge in [-0.25, -0.2) is 12.7 Å². The fourth-order valence-electron chi connectivity index (χ4n) is 2.52. The summed E-state index contributed by atoms with van der Waals surface area (Å²) < 4.78 is 35.9. The minimum Gasteiger partial charge on any atom is -0.497 e. The molecule has 0 saturated heterocycles. The van der Waals surface area contributed by atoms with Crippen molar-refractivity contribution in [1.29, 1.82) is 0 Å². The maximum atomic E-state index is 12.5. The van der Waals surface area contributed by atoms with E-state index in [2.05, 4.69) is 5.32 Å². The molecule has 27 heavy (non-hydrogen) atoms. The summed E-state index contributed by atoms with van der Waals surface area (Å²) in [6, 6.07) is 10.9.